The number of aromatic nitrogens is 1. The third-order valence-electron chi connectivity index (χ3n) is 4.01. The maximum Gasteiger partial charge on any atom is 0.206 e. The zero-order valence-corrected chi connectivity index (χ0v) is 17.1. The van der Waals surface area contributed by atoms with Crippen LogP contribution in [-0.2, 0) is 16.4 Å². The second-order valence-electron chi connectivity index (χ2n) is 6.04. The molecule has 0 saturated heterocycles. The summed E-state index contributed by atoms with van der Waals surface area (Å²) in [5, 5.41) is 3.24. The van der Waals surface area contributed by atoms with Crippen molar-refractivity contribution in [1.82, 2.24) is 4.98 Å². The first-order valence-electron chi connectivity index (χ1n) is 8.54. The highest BCUT2D eigenvalue weighted by Crippen LogP contribution is 2.28. The van der Waals surface area contributed by atoms with E-state index in [0.29, 0.717) is 12.3 Å². The van der Waals surface area contributed by atoms with Crippen LogP contribution in [0.3, 0.4) is 0 Å². The van der Waals surface area contributed by atoms with Gasteiger partial charge in [-0.1, -0.05) is 23.7 Å². The van der Waals surface area contributed by atoms with E-state index in [9.17, 15) is 8.42 Å². The average molecular weight is 431 g/mol. The molecule has 7 nitrogen and oxygen atoms in total. The highest BCUT2D eigenvalue weighted by Gasteiger charge is 2.19. The number of hydrogen-bond acceptors (Lipinski definition) is 5. The zero-order chi connectivity index (χ0) is 20.9. The summed E-state index contributed by atoms with van der Waals surface area (Å²) in [5.41, 5.74) is 7.46. The van der Waals surface area contributed by atoms with Gasteiger partial charge in [0.2, 0.25) is 9.84 Å². The van der Waals surface area contributed by atoms with Gasteiger partial charge in [0.15, 0.2) is 5.96 Å². The van der Waals surface area contributed by atoms with Crippen molar-refractivity contribution in [3.63, 3.8) is 0 Å². The third kappa shape index (κ3) is 5.24. The molecule has 0 aliphatic heterocycles. The lowest BCUT2D eigenvalue weighted by molar-refractivity contribution is 0.413. The van der Waals surface area contributed by atoms with Crippen LogP contribution >= 0.6 is 11.6 Å². The number of sulfone groups is 1. The molecule has 150 valence electrons. The molecule has 3 rings (SSSR count). The fourth-order valence-electron chi connectivity index (χ4n) is 2.52. The molecule has 3 N–H and O–H groups in total. The molecule has 0 fully saturated rings. The summed E-state index contributed by atoms with van der Waals surface area (Å²) in [4.78, 5) is 8.40. The van der Waals surface area contributed by atoms with E-state index in [1.54, 1.807) is 42.7 Å². The number of nitrogens with two attached hydrogens (primary N) is 1. The number of nitrogens with one attached hydrogen (secondary N) is 1. The van der Waals surface area contributed by atoms with E-state index < -0.39 is 9.84 Å². The van der Waals surface area contributed by atoms with Crippen molar-refractivity contribution < 1.29 is 13.2 Å². The highest BCUT2D eigenvalue weighted by atomic mass is 35.5. The molecule has 0 spiro atoms. The van der Waals surface area contributed by atoms with Gasteiger partial charge < -0.3 is 15.8 Å². The molecule has 1 aromatic heterocycles. The van der Waals surface area contributed by atoms with Crippen LogP contribution in [0.5, 0.6) is 5.75 Å². The summed E-state index contributed by atoms with van der Waals surface area (Å²) >= 11 is 6.00. The molecular formula is C20H19ClN4O3S. The maximum absolute atomic E-state index is 12.9. The molecule has 29 heavy (non-hydrogen) atoms. The lowest BCUT2D eigenvalue weighted by atomic mass is 10.2. The van der Waals surface area contributed by atoms with Gasteiger partial charge >= 0.3 is 0 Å². The molecule has 2 aromatic carbocycles. The van der Waals surface area contributed by atoms with Crippen LogP contribution in [0, 0.1) is 0 Å². The number of pyridine rings is 1. The number of hydrogen-bond donors (Lipinski definition) is 2. The molecule has 0 aliphatic rings. The molecule has 0 amide bonds. The van der Waals surface area contributed by atoms with Crippen LogP contribution in [0.4, 0.5) is 5.69 Å². The lowest BCUT2D eigenvalue weighted by Crippen LogP contribution is -2.22. The molecule has 3 aromatic rings. The minimum absolute atomic E-state index is 0.0680. The molecular weight excluding hydrogens is 412 g/mol. The van der Waals surface area contributed by atoms with E-state index in [2.05, 4.69) is 15.3 Å². The fraction of sp³-hybridized carbons (Fsp3) is 0.100. The minimum Gasteiger partial charge on any atom is -0.497 e. The van der Waals surface area contributed by atoms with Crippen molar-refractivity contribution in [2.75, 3.05) is 12.4 Å². The average Bonchev–Trinajstić information content (AvgIpc) is 2.73. The normalized spacial score (nSPS) is 11.9. The summed E-state index contributed by atoms with van der Waals surface area (Å²) < 4.78 is 30.8. The molecule has 0 bridgehead atoms. The number of nitrogens with zero attached hydrogens (tertiary/aromatic N) is 2. The van der Waals surface area contributed by atoms with E-state index in [0.717, 1.165) is 11.3 Å². The Morgan fingerprint density at radius 2 is 1.79 bits per heavy atom. The summed E-state index contributed by atoms with van der Waals surface area (Å²) in [6.07, 6.45) is 3.29. The van der Waals surface area contributed by atoms with Gasteiger partial charge in [-0.3, -0.25) is 4.98 Å². The Kier molecular flexibility index (Phi) is 6.36. The monoisotopic (exact) mass is 430 g/mol. The first-order chi connectivity index (χ1) is 13.9. The largest absolute Gasteiger partial charge is 0.497 e. The van der Waals surface area contributed by atoms with Crippen LogP contribution in [-0.4, -0.2) is 26.5 Å². The van der Waals surface area contributed by atoms with Gasteiger partial charge in [0, 0.05) is 23.1 Å². The van der Waals surface area contributed by atoms with Gasteiger partial charge in [-0.2, -0.15) is 0 Å². The number of rotatable bonds is 6. The van der Waals surface area contributed by atoms with E-state index in [1.165, 1.54) is 31.4 Å². The van der Waals surface area contributed by atoms with Gasteiger partial charge in [0.05, 0.1) is 23.4 Å². The molecule has 0 radical (unpaired) electrons. The first-order valence-corrected chi connectivity index (χ1v) is 10.4. The Balaban J connectivity index is 1.74. The Labute approximate surface area is 174 Å². The van der Waals surface area contributed by atoms with Crippen molar-refractivity contribution >= 4 is 33.1 Å². The van der Waals surface area contributed by atoms with Crippen molar-refractivity contribution in [2.24, 2.45) is 10.7 Å². The molecule has 0 aliphatic carbocycles. The van der Waals surface area contributed by atoms with E-state index >= 15 is 0 Å². The smallest absolute Gasteiger partial charge is 0.206 e. The number of aliphatic imine (C=N–C) groups is 1. The number of benzene rings is 2. The van der Waals surface area contributed by atoms with Gasteiger partial charge in [-0.05, 0) is 48.0 Å². The second kappa shape index (κ2) is 8.93. The van der Waals surface area contributed by atoms with E-state index in [-0.39, 0.29) is 20.8 Å². The summed E-state index contributed by atoms with van der Waals surface area (Å²) in [6.45, 7) is 0.301. The standard InChI is InChI=1S/C20H19ClN4O3S/c1-28-17-10-15(21)11-19(12-17)29(26,27)18-4-2-14(3-5-18)13-24-20(22)25-16-6-8-23-9-7-16/h2-12H,13H2,1H3,(H3,22,23,24,25). The van der Waals surface area contributed by atoms with E-state index in [1.807, 2.05) is 0 Å². The van der Waals surface area contributed by atoms with Gasteiger partial charge in [-0.25, -0.2) is 13.4 Å². The fourth-order valence-corrected chi connectivity index (χ4v) is 4.13. The number of halogens is 1. The minimum atomic E-state index is -3.73. The molecule has 0 unspecified atom stereocenters. The van der Waals surface area contributed by atoms with Crippen LogP contribution in [0.1, 0.15) is 5.56 Å². The maximum atomic E-state index is 12.9. The summed E-state index contributed by atoms with van der Waals surface area (Å²) in [6, 6.07) is 14.4. The molecule has 0 atom stereocenters. The number of guanidine groups is 1. The predicted octanol–water partition coefficient (Wildman–Crippen LogP) is 3.50. The van der Waals surface area contributed by atoms with Crippen molar-refractivity contribution in [3.05, 3.63) is 77.6 Å². The van der Waals surface area contributed by atoms with Gasteiger partial charge in [0.25, 0.3) is 0 Å². The summed E-state index contributed by atoms with van der Waals surface area (Å²) in [5.74, 6) is 0.623. The molecule has 9 heteroatoms. The predicted molar refractivity (Wildman–Crippen MR) is 113 cm³/mol. The quantitative estimate of drug-likeness (QED) is 0.457. The van der Waals surface area contributed by atoms with Crippen molar-refractivity contribution in [3.8, 4) is 5.75 Å². The van der Waals surface area contributed by atoms with Crippen molar-refractivity contribution in [1.29, 1.82) is 0 Å². The van der Waals surface area contributed by atoms with Crippen LogP contribution in [0.15, 0.2) is 81.8 Å². The zero-order valence-electron chi connectivity index (χ0n) is 15.5. The van der Waals surface area contributed by atoms with Crippen LogP contribution in [0.25, 0.3) is 0 Å². The second-order valence-corrected chi connectivity index (χ2v) is 8.42. The summed E-state index contributed by atoms with van der Waals surface area (Å²) in [7, 11) is -2.28. The Hall–Kier alpha value is -3.10. The Morgan fingerprint density at radius 1 is 1.10 bits per heavy atom. The van der Waals surface area contributed by atoms with Crippen molar-refractivity contribution in [2.45, 2.75) is 16.3 Å². The molecule has 1 heterocycles. The topological polar surface area (TPSA) is 107 Å². The number of anilines is 1. The van der Waals surface area contributed by atoms with Gasteiger partial charge in [-0.15, -0.1) is 0 Å². The lowest BCUT2D eigenvalue weighted by Gasteiger charge is -2.08. The van der Waals surface area contributed by atoms with E-state index in [4.69, 9.17) is 22.1 Å². The third-order valence-corrected chi connectivity index (χ3v) is 5.98. The Bertz CT molecular complexity index is 1120. The number of ether oxygens (including phenoxy) is 1. The Morgan fingerprint density at radius 3 is 2.45 bits per heavy atom. The van der Waals surface area contributed by atoms with Crippen LogP contribution < -0.4 is 15.8 Å². The highest BCUT2D eigenvalue weighted by molar-refractivity contribution is 7.91. The van der Waals surface area contributed by atoms with Gasteiger partial charge in [0.1, 0.15) is 5.75 Å². The first kappa shape index (κ1) is 20.6. The SMILES string of the molecule is COc1cc(Cl)cc(S(=O)(=O)c2ccc(CN=C(N)Nc3ccncc3)cc2)c1. The molecule has 0 saturated carbocycles. The number of methoxy groups -OCH3 is 1. The van der Waals surface area contributed by atoms with Crippen LogP contribution in [0.2, 0.25) is 5.02 Å².